The molecule has 0 saturated carbocycles. The summed E-state index contributed by atoms with van der Waals surface area (Å²) >= 11 is 0. The molecule has 0 unspecified atom stereocenters. The summed E-state index contributed by atoms with van der Waals surface area (Å²) in [5.41, 5.74) is 22.0. The van der Waals surface area contributed by atoms with Gasteiger partial charge in [-0.15, -0.1) is 0 Å². The van der Waals surface area contributed by atoms with Crippen LogP contribution in [0.4, 0.5) is 17.1 Å². The number of rotatable bonds is 4. The molecule has 4 aliphatic rings. The minimum Gasteiger partial charge on any atom is -0.455 e. The molecule has 68 heavy (non-hydrogen) atoms. The molecule has 0 bridgehead atoms. The van der Waals surface area contributed by atoms with Gasteiger partial charge in [-0.1, -0.05) is 163 Å². The summed E-state index contributed by atoms with van der Waals surface area (Å²) in [6, 6.07) is 61.7. The van der Waals surface area contributed by atoms with Gasteiger partial charge < -0.3 is 9.32 Å². The van der Waals surface area contributed by atoms with Gasteiger partial charge >= 0.3 is 0 Å². The van der Waals surface area contributed by atoms with Crippen LogP contribution in [0.25, 0.3) is 77.6 Å². The number of para-hydroxylation sites is 2. The highest BCUT2D eigenvalue weighted by molar-refractivity contribution is 7.92. The van der Waals surface area contributed by atoms with E-state index in [1.165, 1.54) is 55.5 Å². The van der Waals surface area contributed by atoms with Crippen molar-refractivity contribution >= 4 is 48.8 Å². The Hall–Kier alpha value is -7.47. The summed E-state index contributed by atoms with van der Waals surface area (Å²) < 4.78 is 36.2. The summed E-state index contributed by atoms with van der Waals surface area (Å²) in [5.74, 6) is 0. The predicted molar refractivity (Wildman–Crippen MR) is 277 cm³/mol. The van der Waals surface area contributed by atoms with Gasteiger partial charge in [0.15, 0.2) is 0 Å². The van der Waals surface area contributed by atoms with Crippen molar-refractivity contribution in [2.45, 2.75) is 67.6 Å². The smallest absolute Gasteiger partial charge is 0.208 e. The number of sulfone groups is 1. The highest BCUT2D eigenvalue weighted by atomic mass is 32.2. The van der Waals surface area contributed by atoms with Crippen LogP contribution in [-0.4, -0.2) is 8.42 Å². The second-order valence-corrected chi connectivity index (χ2v) is 22.6. The average molecular weight is 898 g/mol. The molecule has 0 fully saturated rings. The van der Waals surface area contributed by atoms with Crippen molar-refractivity contribution < 1.29 is 12.8 Å². The molecular weight excluding hydrogens is 851 g/mol. The molecule has 1 aliphatic heterocycles. The average Bonchev–Trinajstić information content (AvgIpc) is 4.05. The van der Waals surface area contributed by atoms with Crippen molar-refractivity contribution in [2.24, 2.45) is 0 Å². The Labute approximate surface area is 397 Å². The molecule has 0 spiro atoms. The lowest BCUT2D eigenvalue weighted by Gasteiger charge is -2.32. The fourth-order valence-corrected chi connectivity index (χ4v) is 14.9. The third kappa shape index (κ3) is 4.87. The summed E-state index contributed by atoms with van der Waals surface area (Å²) in [6.45, 7) is 14.2. The fourth-order valence-electron chi connectivity index (χ4n) is 13.1. The van der Waals surface area contributed by atoms with Crippen LogP contribution in [0.5, 0.6) is 0 Å². The maximum Gasteiger partial charge on any atom is 0.208 e. The van der Waals surface area contributed by atoms with E-state index in [0.29, 0.717) is 9.79 Å². The van der Waals surface area contributed by atoms with E-state index in [9.17, 15) is 8.42 Å². The van der Waals surface area contributed by atoms with Gasteiger partial charge in [-0.25, -0.2) is 8.42 Å². The lowest BCUT2D eigenvalue weighted by Crippen LogP contribution is -2.24. The van der Waals surface area contributed by atoms with Gasteiger partial charge in [0.25, 0.3) is 0 Å². The zero-order valence-corrected chi connectivity index (χ0v) is 39.6. The molecule has 0 N–H and O–H groups in total. The van der Waals surface area contributed by atoms with E-state index in [1.807, 2.05) is 48.5 Å². The molecule has 3 aliphatic carbocycles. The van der Waals surface area contributed by atoms with Crippen LogP contribution < -0.4 is 4.90 Å². The molecule has 4 nitrogen and oxygen atoms in total. The highest BCUT2D eigenvalue weighted by Crippen LogP contribution is 2.64. The minimum absolute atomic E-state index is 0.246. The molecule has 0 saturated heterocycles. The first-order chi connectivity index (χ1) is 32.8. The molecule has 0 radical (unpaired) electrons. The topological polar surface area (TPSA) is 50.5 Å². The van der Waals surface area contributed by atoms with Gasteiger partial charge in [0, 0.05) is 66.3 Å². The van der Waals surface area contributed by atoms with Crippen LogP contribution in [0.1, 0.15) is 74.9 Å². The molecule has 10 aromatic rings. The van der Waals surface area contributed by atoms with Crippen molar-refractivity contribution in [1.29, 1.82) is 0 Å². The van der Waals surface area contributed by atoms with E-state index >= 15 is 0 Å². The highest BCUT2D eigenvalue weighted by Gasteiger charge is 2.49. The Bertz CT molecular complexity index is 4010. The third-order valence-electron chi connectivity index (χ3n) is 16.1. The van der Waals surface area contributed by atoms with E-state index < -0.39 is 15.3 Å². The maximum atomic E-state index is 14.6. The molecule has 14 rings (SSSR count). The number of anilines is 3. The summed E-state index contributed by atoms with van der Waals surface area (Å²) in [7, 11) is -3.79. The second kappa shape index (κ2) is 13.2. The summed E-state index contributed by atoms with van der Waals surface area (Å²) in [5, 5.41) is 2.34. The van der Waals surface area contributed by atoms with Crippen molar-refractivity contribution in [3.8, 4) is 55.6 Å². The van der Waals surface area contributed by atoms with Gasteiger partial charge in [0.1, 0.15) is 11.2 Å². The van der Waals surface area contributed by atoms with Crippen molar-refractivity contribution in [3.63, 3.8) is 0 Å². The van der Waals surface area contributed by atoms with Crippen LogP contribution in [0.2, 0.25) is 0 Å². The molecule has 328 valence electrons. The molecule has 0 atom stereocenters. The predicted octanol–water partition coefficient (Wildman–Crippen LogP) is 16.5. The quantitative estimate of drug-likeness (QED) is 0.177. The van der Waals surface area contributed by atoms with Gasteiger partial charge in [-0.3, -0.25) is 0 Å². The Kier molecular flexibility index (Phi) is 7.67. The van der Waals surface area contributed by atoms with Crippen LogP contribution >= 0.6 is 0 Å². The Morgan fingerprint density at radius 3 is 1.72 bits per heavy atom. The van der Waals surface area contributed by atoms with Crippen LogP contribution in [0.15, 0.2) is 190 Å². The largest absolute Gasteiger partial charge is 0.455 e. The van der Waals surface area contributed by atoms with Crippen LogP contribution in [0.3, 0.4) is 0 Å². The van der Waals surface area contributed by atoms with E-state index in [-0.39, 0.29) is 10.8 Å². The van der Waals surface area contributed by atoms with Gasteiger partial charge in [0.05, 0.1) is 9.79 Å². The van der Waals surface area contributed by atoms with E-state index in [1.54, 1.807) is 6.07 Å². The minimum atomic E-state index is -3.79. The first-order valence-electron chi connectivity index (χ1n) is 23.7. The first-order valence-corrected chi connectivity index (χ1v) is 25.2. The van der Waals surface area contributed by atoms with Crippen LogP contribution in [0, 0.1) is 0 Å². The molecule has 2 heterocycles. The van der Waals surface area contributed by atoms with E-state index in [2.05, 4.69) is 168 Å². The molecule has 5 heteroatoms. The number of furan rings is 1. The standard InChI is InChI=1S/C63H47NO3S/c1-61(2)47-33-38(29-31-41(47)52-49(61)35-45(36-19-9-7-10-20-36)60-55(52)44-25-15-18-28-51(44)68(60,65)66)64(37-21-11-8-12-22-37)39-30-32-42-48(34-39)63(5,6)57-53(42)54-43-24-14-17-27-50(43)67-59(54)56-40-23-13-16-26-46(40)62(3,4)58(56)57/h7-35H,1-6H3. The maximum absolute atomic E-state index is 14.6. The second-order valence-electron chi connectivity index (χ2n) is 20.8. The monoisotopic (exact) mass is 897 g/mol. The first kappa shape index (κ1) is 39.7. The van der Waals surface area contributed by atoms with Crippen LogP contribution in [-0.2, 0) is 26.1 Å². The normalized spacial score (nSPS) is 16.4. The van der Waals surface area contributed by atoms with E-state index in [0.717, 1.165) is 72.6 Å². The number of benzene rings is 9. The molecule has 1 aromatic heterocycles. The van der Waals surface area contributed by atoms with Gasteiger partial charge in [-0.05, 0) is 121 Å². The van der Waals surface area contributed by atoms with Gasteiger partial charge in [-0.2, -0.15) is 0 Å². The van der Waals surface area contributed by atoms with Crippen molar-refractivity contribution in [2.75, 3.05) is 4.90 Å². The zero-order chi connectivity index (χ0) is 46.2. The molecule has 0 amide bonds. The SMILES string of the molecule is CC1(C)c2cc(N(c3ccccc3)c3ccc4c(c3)C(C)(C)c3c5c(c6oc7ccccc7c6c3-4)-c3ccccc3C5(C)C)ccc2-c2c1cc(-c1ccccc1)c1c2-c2ccccc2S1(=O)=O. The third-order valence-corrected chi connectivity index (χ3v) is 18.0. The fraction of sp³-hybridized carbons (Fsp3) is 0.143. The van der Waals surface area contributed by atoms with Gasteiger partial charge in [0.2, 0.25) is 9.84 Å². The lowest BCUT2D eigenvalue weighted by atomic mass is 9.72. The van der Waals surface area contributed by atoms with Crippen molar-refractivity contribution in [1.82, 2.24) is 0 Å². The number of nitrogens with zero attached hydrogens (tertiary/aromatic N) is 1. The molecular formula is C63H47NO3S. The summed E-state index contributed by atoms with van der Waals surface area (Å²) in [4.78, 5) is 3.17. The number of fused-ring (bicyclic) bond motifs is 19. The zero-order valence-electron chi connectivity index (χ0n) is 38.8. The Balaban J connectivity index is 0.984. The lowest BCUT2D eigenvalue weighted by molar-refractivity contribution is 0.598. The van der Waals surface area contributed by atoms with Crippen molar-refractivity contribution in [3.05, 3.63) is 209 Å². The Morgan fingerprint density at radius 1 is 0.426 bits per heavy atom. The molecule has 9 aromatic carbocycles. The number of hydrogen-bond donors (Lipinski definition) is 0. The summed E-state index contributed by atoms with van der Waals surface area (Å²) in [6.07, 6.45) is 0. The van der Waals surface area contributed by atoms with E-state index in [4.69, 9.17) is 4.42 Å². The number of hydrogen-bond acceptors (Lipinski definition) is 4. The Morgan fingerprint density at radius 2 is 0.985 bits per heavy atom.